The molecule has 2 N–H and O–H groups in total. The molecule has 0 amide bonds. The smallest absolute Gasteiger partial charge is 0.325 e. The Morgan fingerprint density at radius 1 is 1.17 bits per heavy atom. The van der Waals surface area contributed by atoms with Crippen molar-refractivity contribution in [3.63, 3.8) is 0 Å². The average molecular weight is 257 g/mol. The Hall–Kier alpha value is -1.03. The van der Waals surface area contributed by atoms with Crippen LogP contribution >= 0.6 is 0 Å². The van der Waals surface area contributed by atoms with Crippen LogP contribution in [0.3, 0.4) is 0 Å². The zero-order valence-electron chi connectivity index (χ0n) is 10.9. The molecule has 1 aliphatic carbocycles. The van der Waals surface area contributed by atoms with E-state index in [1.807, 2.05) is 13.8 Å². The highest BCUT2D eigenvalue weighted by Gasteiger charge is 2.54. The lowest BCUT2D eigenvalue weighted by Crippen LogP contribution is -2.45. The number of halogens is 3. The van der Waals surface area contributed by atoms with Gasteiger partial charge in [0.05, 0.1) is 5.56 Å². The third kappa shape index (κ3) is 2.03. The van der Waals surface area contributed by atoms with Crippen LogP contribution in [0.2, 0.25) is 0 Å². The molecule has 18 heavy (non-hydrogen) atoms. The van der Waals surface area contributed by atoms with Gasteiger partial charge in [-0.25, -0.2) is 0 Å². The van der Waals surface area contributed by atoms with Crippen LogP contribution in [0, 0.1) is 6.92 Å². The number of aryl methyl sites for hydroxylation is 1. The second kappa shape index (κ2) is 3.73. The van der Waals surface area contributed by atoms with Crippen LogP contribution in [0.4, 0.5) is 13.2 Å². The van der Waals surface area contributed by atoms with Gasteiger partial charge in [-0.3, -0.25) is 0 Å². The van der Waals surface area contributed by atoms with Gasteiger partial charge in [0.25, 0.3) is 0 Å². The van der Waals surface area contributed by atoms with Crippen molar-refractivity contribution in [2.24, 2.45) is 5.73 Å². The van der Waals surface area contributed by atoms with Crippen molar-refractivity contribution in [3.05, 3.63) is 34.9 Å². The van der Waals surface area contributed by atoms with E-state index >= 15 is 0 Å². The van der Waals surface area contributed by atoms with E-state index in [0.717, 1.165) is 24.5 Å². The van der Waals surface area contributed by atoms with Crippen LogP contribution in [-0.2, 0) is 11.6 Å². The zero-order chi connectivity index (χ0) is 13.8. The summed E-state index contributed by atoms with van der Waals surface area (Å²) in [4.78, 5) is 0. The minimum atomic E-state index is -4.28. The van der Waals surface area contributed by atoms with Crippen molar-refractivity contribution in [3.8, 4) is 0 Å². The molecule has 0 radical (unpaired) electrons. The first-order chi connectivity index (χ1) is 8.08. The molecule has 0 aromatic heterocycles. The molecule has 1 nitrogen and oxygen atoms in total. The summed E-state index contributed by atoms with van der Waals surface area (Å²) < 4.78 is 37.9. The van der Waals surface area contributed by atoms with Crippen LogP contribution < -0.4 is 5.73 Å². The molecule has 0 aliphatic heterocycles. The van der Waals surface area contributed by atoms with E-state index in [1.165, 1.54) is 6.07 Å². The Morgan fingerprint density at radius 2 is 1.72 bits per heavy atom. The first-order valence-corrected chi connectivity index (χ1v) is 6.05. The standard InChI is InChI=1S/C14H18F3N/c1-9-8-10(14(15,16)17)4-5-11(9)13(6-7-13)12(2,3)18/h4-5,8H,6-7,18H2,1-3H3. The highest BCUT2D eigenvalue weighted by Crippen LogP contribution is 2.55. The summed E-state index contributed by atoms with van der Waals surface area (Å²) in [6.07, 6.45) is -2.39. The van der Waals surface area contributed by atoms with Gasteiger partial charge in [-0.1, -0.05) is 6.07 Å². The number of alkyl halides is 3. The third-order valence-corrected chi connectivity index (χ3v) is 4.05. The molecule has 0 atom stereocenters. The lowest BCUT2D eigenvalue weighted by Gasteiger charge is -2.32. The third-order valence-electron chi connectivity index (χ3n) is 4.05. The van der Waals surface area contributed by atoms with Crippen LogP contribution in [0.25, 0.3) is 0 Å². The SMILES string of the molecule is Cc1cc(C(F)(F)F)ccc1C1(C(C)(C)N)CC1. The molecule has 1 aromatic carbocycles. The Morgan fingerprint density at radius 3 is 2.06 bits per heavy atom. The monoisotopic (exact) mass is 257 g/mol. The first kappa shape index (κ1) is 13.4. The van der Waals surface area contributed by atoms with Crippen molar-refractivity contribution < 1.29 is 13.2 Å². The molecule has 0 bridgehead atoms. The lowest BCUT2D eigenvalue weighted by molar-refractivity contribution is -0.137. The molecule has 1 saturated carbocycles. The summed E-state index contributed by atoms with van der Waals surface area (Å²) >= 11 is 0. The van der Waals surface area contributed by atoms with Crippen molar-refractivity contribution in [1.82, 2.24) is 0 Å². The maximum Gasteiger partial charge on any atom is 0.416 e. The van der Waals surface area contributed by atoms with Crippen LogP contribution in [0.5, 0.6) is 0 Å². The number of rotatable bonds is 2. The molecule has 1 aliphatic rings. The van der Waals surface area contributed by atoms with Gasteiger partial charge >= 0.3 is 6.18 Å². The summed E-state index contributed by atoms with van der Waals surface area (Å²) in [5, 5.41) is 0. The van der Waals surface area contributed by atoms with Gasteiger partial charge < -0.3 is 5.73 Å². The maximum atomic E-state index is 12.6. The predicted octanol–water partition coefficient (Wildman–Crippen LogP) is 3.78. The fourth-order valence-corrected chi connectivity index (χ4v) is 2.76. The van der Waals surface area contributed by atoms with Gasteiger partial charge in [0.15, 0.2) is 0 Å². The van der Waals surface area contributed by atoms with Crippen LogP contribution in [0.1, 0.15) is 43.4 Å². The largest absolute Gasteiger partial charge is 0.416 e. The minimum absolute atomic E-state index is 0.152. The Balaban J connectivity index is 2.44. The highest BCUT2D eigenvalue weighted by atomic mass is 19.4. The number of hydrogen-bond donors (Lipinski definition) is 1. The van der Waals surface area contributed by atoms with E-state index in [1.54, 1.807) is 13.0 Å². The quantitative estimate of drug-likeness (QED) is 0.857. The molecular formula is C14H18F3N. The van der Waals surface area contributed by atoms with Gasteiger partial charge in [-0.2, -0.15) is 13.2 Å². The summed E-state index contributed by atoms with van der Waals surface area (Å²) in [5.41, 5.74) is 6.68. The molecule has 0 saturated heterocycles. The molecule has 0 spiro atoms. The van der Waals surface area contributed by atoms with Crippen molar-refractivity contribution in [1.29, 1.82) is 0 Å². The average Bonchev–Trinajstić information content (AvgIpc) is 2.95. The molecule has 2 rings (SSSR count). The van der Waals surface area contributed by atoms with E-state index in [4.69, 9.17) is 5.73 Å². The van der Waals surface area contributed by atoms with E-state index in [9.17, 15) is 13.2 Å². The molecule has 4 heteroatoms. The van der Waals surface area contributed by atoms with Crippen molar-refractivity contribution in [2.75, 3.05) is 0 Å². The number of hydrogen-bond acceptors (Lipinski definition) is 1. The number of benzene rings is 1. The van der Waals surface area contributed by atoms with Gasteiger partial charge in [0.1, 0.15) is 0 Å². The topological polar surface area (TPSA) is 26.0 Å². The molecular weight excluding hydrogens is 239 g/mol. The maximum absolute atomic E-state index is 12.6. The van der Waals surface area contributed by atoms with Crippen LogP contribution in [0.15, 0.2) is 18.2 Å². The van der Waals surface area contributed by atoms with Gasteiger partial charge in [0, 0.05) is 11.0 Å². The van der Waals surface area contributed by atoms with Gasteiger partial charge in [-0.05, 0) is 56.9 Å². The normalized spacial score (nSPS) is 18.8. The van der Waals surface area contributed by atoms with E-state index in [0.29, 0.717) is 5.56 Å². The lowest BCUT2D eigenvalue weighted by atomic mass is 9.77. The van der Waals surface area contributed by atoms with E-state index < -0.39 is 17.3 Å². The highest BCUT2D eigenvalue weighted by molar-refractivity contribution is 5.44. The summed E-state index contributed by atoms with van der Waals surface area (Å²) in [6.45, 7) is 5.62. The Labute approximate surface area is 105 Å². The molecule has 0 heterocycles. The summed E-state index contributed by atoms with van der Waals surface area (Å²) in [6, 6.07) is 3.98. The molecule has 0 unspecified atom stereocenters. The minimum Gasteiger partial charge on any atom is -0.325 e. The van der Waals surface area contributed by atoms with Gasteiger partial charge in [0.2, 0.25) is 0 Å². The Bertz CT molecular complexity index is 465. The van der Waals surface area contributed by atoms with E-state index in [2.05, 4.69) is 0 Å². The van der Waals surface area contributed by atoms with Crippen molar-refractivity contribution in [2.45, 2.75) is 50.7 Å². The predicted molar refractivity (Wildman–Crippen MR) is 65.4 cm³/mol. The fraction of sp³-hybridized carbons (Fsp3) is 0.571. The molecule has 1 aromatic rings. The molecule has 100 valence electrons. The second-order valence-corrected chi connectivity index (χ2v) is 5.83. The summed E-state index contributed by atoms with van der Waals surface area (Å²) in [7, 11) is 0. The second-order valence-electron chi connectivity index (χ2n) is 5.83. The fourth-order valence-electron chi connectivity index (χ4n) is 2.76. The van der Waals surface area contributed by atoms with Crippen LogP contribution in [-0.4, -0.2) is 5.54 Å². The van der Waals surface area contributed by atoms with E-state index in [-0.39, 0.29) is 5.41 Å². The number of nitrogens with two attached hydrogens (primary N) is 1. The molecule has 1 fully saturated rings. The van der Waals surface area contributed by atoms with Gasteiger partial charge in [-0.15, -0.1) is 0 Å². The first-order valence-electron chi connectivity index (χ1n) is 6.05. The zero-order valence-corrected chi connectivity index (χ0v) is 10.9. The Kier molecular flexibility index (Phi) is 2.78. The van der Waals surface area contributed by atoms with Crippen molar-refractivity contribution >= 4 is 0 Å². The summed E-state index contributed by atoms with van der Waals surface area (Å²) in [5.74, 6) is 0.